The van der Waals surface area contributed by atoms with E-state index in [1.54, 1.807) is 0 Å². The third kappa shape index (κ3) is 2.93. The Kier molecular flexibility index (Phi) is 3.57. The molecule has 0 aliphatic carbocycles. The van der Waals surface area contributed by atoms with E-state index >= 15 is 0 Å². The van der Waals surface area contributed by atoms with E-state index in [2.05, 4.69) is 54.4 Å². The predicted octanol–water partition coefficient (Wildman–Crippen LogP) is 3.16. The normalized spacial score (nSPS) is 12.6. The maximum atomic E-state index is 4.14. The Morgan fingerprint density at radius 1 is 1.18 bits per heavy atom. The van der Waals surface area contributed by atoms with Gasteiger partial charge in [-0.05, 0) is 38.2 Å². The highest BCUT2D eigenvalue weighted by Crippen LogP contribution is 2.25. The smallest absolute Gasteiger partial charge is 0.0830 e. The summed E-state index contributed by atoms with van der Waals surface area (Å²) in [6.07, 6.45) is 3.89. The number of aromatic amines is 1. The second-order valence-electron chi connectivity index (χ2n) is 4.69. The molecule has 1 aromatic carbocycles. The molecule has 1 heterocycles. The van der Waals surface area contributed by atoms with E-state index in [0.717, 1.165) is 18.5 Å². The topological polar surface area (TPSA) is 41.6 Å². The Labute approximate surface area is 102 Å². The Balaban J connectivity index is 2.22. The van der Waals surface area contributed by atoms with Crippen LogP contribution in [0.1, 0.15) is 41.6 Å². The van der Waals surface area contributed by atoms with Crippen LogP contribution in [0, 0.1) is 13.8 Å². The van der Waals surface area contributed by atoms with Crippen molar-refractivity contribution in [3.8, 4) is 0 Å². The molecule has 0 amide bonds. The maximum Gasteiger partial charge on any atom is 0.0830 e. The van der Waals surface area contributed by atoms with E-state index in [1.165, 1.54) is 16.7 Å². The molecular weight excluding hydrogens is 210 g/mol. The number of aryl methyl sites for hydroxylation is 2. The van der Waals surface area contributed by atoms with Crippen LogP contribution in [-0.2, 0) is 6.42 Å². The molecule has 0 bridgehead atoms. The van der Waals surface area contributed by atoms with Gasteiger partial charge in [-0.15, -0.1) is 0 Å². The summed E-state index contributed by atoms with van der Waals surface area (Å²) in [5, 5.41) is 10.7. The fraction of sp³-hybridized carbons (Fsp3) is 0.429. The zero-order valence-corrected chi connectivity index (χ0v) is 10.7. The molecule has 3 heteroatoms. The molecule has 0 fully saturated rings. The van der Waals surface area contributed by atoms with Gasteiger partial charge in [-0.25, -0.2) is 0 Å². The van der Waals surface area contributed by atoms with E-state index in [1.807, 2.05) is 6.20 Å². The molecule has 1 unspecified atom stereocenters. The molecule has 2 rings (SSSR count). The largest absolute Gasteiger partial charge is 0.198 e. The van der Waals surface area contributed by atoms with Crippen LogP contribution in [0.2, 0.25) is 0 Å². The minimum atomic E-state index is 0.527. The number of H-pyrrole nitrogens is 1. The second-order valence-corrected chi connectivity index (χ2v) is 4.69. The summed E-state index contributed by atoms with van der Waals surface area (Å²) in [7, 11) is 0. The van der Waals surface area contributed by atoms with Gasteiger partial charge in [0.05, 0.1) is 11.9 Å². The molecule has 2 aromatic rings. The van der Waals surface area contributed by atoms with E-state index in [9.17, 15) is 0 Å². The van der Waals surface area contributed by atoms with Crippen molar-refractivity contribution in [3.05, 3.63) is 46.8 Å². The summed E-state index contributed by atoms with van der Waals surface area (Å²) in [6, 6.07) is 6.77. The van der Waals surface area contributed by atoms with Crippen molar-refractivity contribution in [2.45, 2.75) is 39.5 Å². The van der Waals surface area contributed by atoms with E-state index in [4.69, 9.17) is 0 Å². The monoisotopic (exact) mass is 229 g/mol. The van der Waals surface area contributed by atoms with Gasteiger partial charge in [0.15, 0.2) is 0 Å². The lowest BCUT2D eigenvalue weighted by Gasteiger charge is -2.15. The third-order valence-electron chi connectivity index (χ3n) is 3.13. The van der Waals surface area contributed by atoms with Crippen molar-refractivity contribution in [1.82, 2.24) is 15.4 Å². The second kappa shape index (κ2) is 5.13. The highest BCUT2D eigenvalue weighted by molar-refractivity contribution is 5.31. The molecule has 0 aliphatic heterocycles. The number of aromatic nitrogens is 3. The van der Waals surface area contributed by atoms with Crippen LogP contribution in [0.5, 0.6) is 0 Å². The molecule has 0 radical (unpaired) electrons. The van der Waals surface area contributed by atoms with Crippen molar-refractivity contribution in [2.24, 2.45) is 0 Å². The fourth-order valence-electron chi connectivity index (χ4n) is 2.32. The van der Waals surface area contributed by atoms with Gasteiger partial charge in [-0.3, -0.25) is 0 Å². The van der Waals surface area contributed by atoms with Crippen molar-refractivity contribution < 1.29 is 0 Å². The van der Waals surface area contributed by atoms with Gasteiger partial charge >= 0.3 is 0 Å². The Morgan fingerprint density at radius 3 is 2.41 bits per heavy atom. The van der Waals surface area contributed by atoms with E-state index in [0.29, 0.717) is 5.92 Å². The highest BCUT2D eigenvalue weighted by atomic mass is 15.3. The first kappa shape index (κ1) is 11.8. The summed E-state index contributed by atoms with van der Waals surface area (Å²) in [6.45, 7) is 6.53. The van der Waals surface area contributed by atoms with Crippen molar-refractivity contribution in [2.75, 3.05) is 0 Å². The zero-order valence-electron chi connectivity index (χ0n) is 10.7. The number of hydrogen-bond donors (Lipinski definition) is 1. The molecule has 1 N–H and O–H groups in total. The molecule has 0 aliphatic rings. The van der Waals surface area contributed by atoms with Gasteiger partial charge in [-0.1, -0.05) is 36.2 Å². The summed E-state index contributed by atoms with van der Waals surface area (Å²) in [4.78, 5) is 0. The average Bonchev–Trinajstić information content (AvgIpc) is 2.77. The van der Waals surface area contributed by atoms with Gasteiger partial charge in [0.1, 0.15) is 0 Å². The highest BCUT2D eigenvalue weighted by Gasteiger charge is 2.12. The van der Waals surface area contributed by atoms with Gasteiger partial charge in [0.25, 0.3) is 0 Å². The van der Waals surface area contributed by atoms with Crippen LogP contribution >= 0.6 is 0 Å². The molecule has 3 nitrogen and oxygen atoms in total. The van der Waals surface area contributed by atoms with E-state index in [-0.39, 0.29) is 0 Å². The number of rotatable bonds is 4. The summed E-state index contributed by atoms with van der Waals surface area (Å²) in [5.41, 5.74) is 5.11. The molecule has 17 heavy (non-hydrogen) atoms. The van der Waals surface area contributed by atoms with E-state index < -0.39 is 0 Å². The molecule has 0 saturated carbocycles. The van der Waals surface area contributed by atoms with Gasteiger partial charge < -0.3 is 0 Å². The summed E-state index contributed by atoms with van der Waals surface area (Å²) < 4.78 is 0. The van der Waals surface area contributed by atoms with Gasteiger partial charge in [0, 0.05) is 0 Å². The van der Waals surface area contributed by atoms with Crippen LogP contribution in [0.4, 0.5) is 0 Å². The Morgan fingerprint density at radius 2 is 1.88 bits per heavy atom. The SMILES string of the molecule is CCC(Cc1cn[nH]n1)c1cc(C)cc(C)c1. The number of benzene rings is 1. The number of hydrogen-bond acceptors (Lipinski definition) is 2. The first-order chi connectivity index (χ1) is 8.19. The van der Waals surface area contributed by atoms with Gasteiger partial charge in [0.2, 0.25) is 0 Å². The number of nitrogens with zero attached hydrogens (tertiary/aromatic N) is 2. The lowest BCUT2D eigenvalue weighted by Crippen LogP contribution is -2.03. The van der Waals surface area contributed by atoms with Crippen molar-refractivity contribution >= 4 is 0 Å². The first-order valence-electron chi connectivity index (χ1n) is 6.12. The first-order valence-corrected chi connectivity index (χ1v) is 6.12. The zero-order chi connectivity index (χ0) is 12.3. The molecule has 0 saturated heterocycles. The maximum absolute atomic E-state index is 4.14. The Bertz CT molecular complexity index is 454. The predicted molar refractivity (Wildman–Crippen MR) is 69.0 cm³/mol. The quantitative estimate of drug-likeness (QED) is 0.875. The minimum absolute atomic E-state index is 0.527. The molecule has 1 aromatic heterocycles. The summed E-state index contributed by atoms with van der Waals surface area (Å²) in [5.74, 6) is 0.527. The molecule has 1 atom stereocenters. The van der Waals surface area contributed by atoms with Crippen molar-refractivity contribution in [3.63, 3.8) is 0 Å². The van der Waals surface area contributed by atoms with Gasteiger partial charge in [-0.2, -0.15) is 15.4 Å². The van der Waals surface area contributed by atoms with Crippen molar-refractivity contribution in [1.29, 1.82) is 0 Å². The fourth-order valence-corrected chi connectivity index (χ4v) is 2.32. The van der Waals surface area contributed by atoms with Crippen LogP contribution in [0.25, 0.3) is 0 Å². The molecular formula is C14H19N3. The number of nitrogens with one attached hydrogen (secondary N) is 1. The lowest BCUT2D eigenvalue weighted by molar-refractivity contribution is 0.647. The van der Waals surface area contributed by atoms with Crippen LogP contribution in [0.3, 0.4) is 0 Å². The lowest BCUT2D eigenvalue weighted by atomic mass is 9.90. The molecule has 0 spiro atoms. The van der Waals surface area contributed by atoms with Crippen LogP contribution in [0.15, 0.2) is 24.4 Å². The summed E-state index contributed by atoms with van der Waals surface area (Å²) >= 11 is 0. The Hall–Kier alpha value is -1.64. The standard InChI is InChI=1S/C14H19N3/c1-4-12(8-14-9-15-17-16-14)13-6-10(2)5-11(3)7-13/h5-7,9,12H,4,8H2,1-3H3,(H,15,16,17). The third-order valence-corrected chi connectivity index (χ3v) is 3.13. The molecule has 90 valence electrons. The minimum Gasteiger partial charge on any atom is -0.198 e. The average molecular weight is 229 g/mol. The van der Waals surface area contributed by atoms with Crippen LogP contribution < -0.4 is 0 Å². The van der Waals surface area contributed by atoms with Crippen LogP contribution in [-0.4, -0.2) is 15.4 Å².